The first-order valence-corrected chi connectivity index (χ1v) is 7.98. The van der Waals surface area contributed by atoms with E-state index in [1.807, 2.05) is 6.08 Å². The SMILES string of the molecule is C=C(OC)C1=C(C(=C\CCCC=C(C)C)/OC)/C(=N/O)C=C/C1=N\O. The van der Waals surface area contributed by atoms with Crippen LogP contribution >= 0.6 is 0 Å². The number of hydrogen-bond donors (Lipinski definition) is 2. The van der Waals surface area contributed by atoms with E-state index in [4.69, 9.17) is 9.47 Å². The van der Waals surface area contributed by atoms with Crippen molar-refractivity contribution < 1.29 is 19.9 Å². The fraction of sp³-hybridized carbons (Fsp3) is 0.368. The quantitative estimate of drug-likeness (QED) is 0.171. The number of allylic oxidation sites excluding steroid dienone is 7. The average molecular weight is 346 g/mol. The zero-order valence-electron chi connectivity index (χ0n) is 15.2. The molecule has 6 nitrogen and oxygen atoms in total. The molecule has 0 aromatic heterocycles. The van der Waals surface area contributed by atoms with Crippen molar-refractivity contribution in [1.29, 1.82) is 0 Å². The molecular formula is C19H26N2O4. The highest BCUT2D eigenvalue weighted by Crippen LogP contribution is 2.29. The van der Waals surface area contributed by atoms with E-state index in [1.54, 1.807) is 0 Å². The van der Waals surface area contributed by atoms with Crippen molar-refractivity contribution in [2.75, 3.05) is 14.2 Å². The summed E-state index contributed by atoms with van der Waals surface area (Å²) in [6.45, 7) is 7.96. The molecule has 0 aromatic rings. The molecule has 2 N–H and O–H groups in total. The van der Waals surface area contributed by atoms with Crippen molar-refractivity contribution in [3.63, 3.8) is 0 Å². The summed E-state index contributed by atoms with van der Waals surface area (Å²) in [4.78, 5) is 0. The van der Waals surface area contributed by atoms with E-state index in [-0.39, 0.29) is 17.2 Å². The molecule has 0 aromatic carbocycles. The second-order valence-corrected chi connectivity index (χ2v) is 5.67. The molecule has 0 amide bonds. The van der Waals surface area contributed by atoms with Crippen molar-refractivity contribution in [3.05, 3.63) is 59.1 Å². The Labute approximate surface area is 148 Å². The molecule has 0 aliphatic heterocycles. The lowest BCUT2D eigenvalue weighted by atomic mass is 9.90. The van der Waals surface area contributed by atoms with Gasteiger partial charge in [-0.1, -0.05) is 28.5 Å². The maximum Gasteiger partial charge on any atom is 0.125 e. The zero-order valence-corrected chi connectivity index (χ0v) is 15.2. The van der Waals surface area contributed by atoms with Gasteiger partial charge in [-0.15, -0.1) is 0 Å². The molecule has 0 unspecified atom stereocenters. The molecule has 0 bridgehead atoms. The maximum absolute atomic E-state index is 9.35. The van der Waals surface area contributed by atoms with Crippen LogP contribution in [0.5, 0.6) is 0 Å². The molecule has 0 fully saturated rings. The molecule has 0 spiro atoms. The first-order valence-electron chi connectivity index (χ1n) is 7.98. The van der Waals surface area contributed by atoms with Crippen molar-refractivity contribution in [1.82, 2.24) is 0 Å². The number of ether oxygens (including phenoxy) is 2. The summed E-state index contributed by atoms with van der Waals surface area (Å²) in [7, 11) is 3.00. The summed E-state index contributed by atoms with van der Waals surface area (Å²) in [5.74, 6) is 0.782. The van der Waals surface area contributed by atoms with Crippen LogP contribution in [0.1, 0.15) is 33.1 Å². The molecule has 1 aliphatic rings. The Balaban J connectivity index is 3.27. The average Bonchev–Trinajstić information content (AvgIpc) is 2.62. The molecule has 0 saturated heterocycles. The van der Waals surface area contributed by atoms with Crippen molar-refractivity contribution in [3.8, 4) is 0 Å². The fourth-order valence-corrected chi connectivity index (χ4v) is 2.41. The fourth-order valence-electron chi connectivity index (χ4n) is 2.41. The largest absolute Gasteiger partial charge is 0.497 e. The van der Waals surface area contributed by atoms with E-state index < -0.39 is 0 Å². The third-order valence-electron chi connectivity index (χ3n) is 3.66. The van der Waals surface area contributed by atoms with Gasteiger partial charge in [0.15, 0.2) is 0 Å². The van der Waals surface area contributed by atoms with E-state index in [0.29, 0.717) is 16.9 Å². The van der Waals surface area contributed by atoms with Gasteiger partial charge in [-0.25, -0.2) is 0 Å². The van der Waals surface area contributed by atoms with Gasteiger partial charge >= 0.3 is 0 Å². The summed E-state index contributed by atoms with van der Waals surface area (Å²) in [5, 5.41) is 25.2. The molecule has 0 atom stereocenters. The van der Waals surface area contributed by atoms with E-state index in [1.165, 1.54) is 31.9 Å². The monoisotopic (exact) mass is 346 g/mol. The van der Waals surface area contributed by atoms with Crippen LogP contribution in [0.3, 0.4) is 0 Å². The minimum absolute atomic E-state index is 0.252. The summed E-state index contributed by atoms with van der Waals surface area (Å²) in [5.41, 5.74) is 2.69. The predicted octanol–water partition coefficient (Wildman–Crippen LogP) is 4.34. The molecule has 0 heterocycles. The Morgan fingerprint density at radius 2 is 1.56 bits per heavy atom. The molecule has 1 aliphatic carbocycles. The third-order valence-corrected chi connectivity index (χ3v) is 3.66. The van der Waals surface area contributed by atoms with Crippen LogP contribution in [0.4, 0.5) is 0 Å². The van der Waals surface area contributed by atoms with Crippen molar-refractivity contribution >= 4 is 11.4 Å². The second kappa shape index (κ2) is 10.2. The van der Waals surface area contributed by atoms with Crippen LogP contribution in [0.25, 0.3) is 0 Å². The highest BCUT2D eigenvalue weighted by Gasteiger charge is 2.27. The Bertz CT molecular complexity index is 676. The van der Waals surface area contributed by atoms with Gasteiger partial charge in [-0.2, -0.15) is 0 Å². The van der Waals surface area contributed by atoms with Gasteiger partial charge in [0, 0.05) is 0 Å². The van der Waals surface area contributed by atoms with E-state index in [2.05, 4.69) is 36.8 Å². The number of unbranched alkanes of at least 4 members (excludes halogenated alkanes) is 2. The number of hydrogen-bond acceptors (Lipinski definition) is 6. The van der Waals surface area contributed by atoms with Gasteiger partial charge in [-0.3, -0.25) is 0 Å². The molecule has 25 heavy (non-hydrogen) atoms. The second-order valence-electron chi connectivity index (χ2n) is 5.67. The zero-order chi connectivity index (χ0) is 18.8. The summed E-state index contributed by atoms with van der Waals surface area (Å²) >= 11 is 0. The van der Waals surface area contributed by atoms with Crippen molar-refractivity contribution in [2.45, 2.75) is 33.1 Å². The Kier molecular flexibility index (Phi) is 8.26. The maximum atomic E-state index is 9.35. The molecule has 136 valence electrons. The smallest absolute Gasteiger partial charge is 0.125 e. The van der Waals surface area contributed by atoms with Gasteiger partial charge < -0.3 is 19.9 Å². The summed E-state index contributed by atoms with van der Waals surface area (Å²) < 4.78 is 10.7. The number of methoxy groups -OCH3 is 2. The highest BCUT2D eigenvalue weighted by molar-refractivity contribution is 6.26. The lowest BCUT2D eigenvalue weighted by Crippen LogP contribution is -2.19. The first-order chi connectivity index (χ1) is 12.0. The van der Waals surface area contributed by atoms with E-state index in [9.17, 15) is 10.4 Å². The van der Waals surface area contributed by atoms with Gasteiger partial charge in [0.2, 0.25) is 0 Å². The molecule has 6 heteroatoms. The van der Waals surface area contributed by atoms with Crippen LogP contribution in [0.2, 0.25) is 0 Å². The topological polar surface area (TPSA) is 83.6 Å². The first kappa shape index (κ1) is 20.3. The van der Waals surface area contributed by atoms with E-state index >= 15 is 0 Å². The Morgan fingerprint density at radius 1 is 1.00 bits per heavy atom. The lowest BCUT2D eigenvalue weighted by molar-refractivity contribution is 0.291. The number of oxime groups is 2. The minimum Gasteiger partial charge on any atom is -0.497 e. The molecule has 1 rings (SSSR count). The normalized spacial score (nSPS) is 17.8. The predicted molar refractivity (Wildman–Crippen MR) is 99.1 cm³/mol. The molecule has 0 radical (unpaired) electrons. The van der Waals surface area contributed by atoms with Crippen LogP contribution in [0, 0.1) is 0 Å². The lowest BCUT2D eigenvalue weighted by Gasteiger charge is -2.20. The van der Waals surface area contributed by atoms with Gasteiger partial charge in [-0.05, 0) is 51.3 Å². The third kappa shape index (κ3) is 5.38. The number of rotatable bonds is 8. The van der Waals surface area contributed by atoms with Crippen LogP contribution < -0.4 is 0 Å². The number of nitrogens with zero attached hydrogens (tertiary/aromatic N) is 2. The van der Waals surface area contributed by atoms with Crippen molar-refractivity contribution in [2.24, 2.45) is 10.3 Å². The van der Waals surface area contributed by atoms with Gasteiger partial charge in [0.1, 0.15) is 22.9 Å². The van der Waals surface area contributed by atoms with Crippen LogP contribution in [0.15, 0.2) is 69.4 Å². The summed E-state index contributed by atoms with van der Waals surface area (Å²) in [6, 6.07) is 0. The Morgan fingerprint density at radius 3 is 2.04 bits per heavy atom. The summed E-state index contributed by atoms with van der Waals surface area (Å²) in [6.07, 6.45) is 9.84. The molecular weight excluding hydrogens is 320 g/mol. The molecule has 0 saturated carbocycles. The van der Waals surface area contributed by atoms with Crippen LogP contribution in [-0.4, -0.2) is 36.1 Å². The Hall–Kier alpha value is -2.76. The van der Waals surface area contributed by atoms with Gasteiger partial charge in [0.25, 0.3) is 0 Å². The van der Waals surface area contributed by atoms with Gasteiger partial charge in [0.05, 0.1) is 25.4 Å². The minimum atomic E-state index is 0.252. The highest BCUT2D eigenvalue weighted by atomic mass is 16.5. The van der Waals surface area contributed by atoms with Crippen LogP contribution in [-0.2, 0) is 9.47 Å². The standard InChI is InChI=1S/C19H26N2O4/c1-13(2)9-7-6-8-10-17(25-5)19-16(21-23)12-11-15(20-22)18(19)14(3)24-4/h9-12,22-23H,3,6-8H2,1-2,4-5H3/b17-10+,20-15+,21-16+. The van der Waals surface area contributed by atoms with E-state index in [0.717, 1.165) is 19.3 Å².